The molecule has 1 aliphatic rings. The Morgan fingerprint density at radius 3 is 2.10 bits per heavy atom. The molecular formula is C22H28FN3O3. The molecular weight excluding hydrogens is 373 g/mol. The molecule has 0 aliphatic heterocycles. The van der Waals surface area contributed by atoms with Crippen molar-refractivity contribution in [1.82, 2.24) is 10.6 Å². The summed E-state index contributed by atoms with van der Waals surface area (Å²) in [6.07, 6.45) is 2.16. The van der Waals surface area contributed by atoms with Crippen molar-refractivity contribution in [3.8, 4) is 17.2 Å². The van der Waals surface area contributed by atoms with E-state index in [1.165, 1.54) is 12.1 Å². The summed E-state index contributed by atoms with van der Waals surface area (Å²) in [6.45, 7) is 1.29. The Morgan fingerprint density at radius 1 is 1.00 bits per heavy atom. The summed E-state index contributed by atoms with van der Waals surface area (Å²) in [4.78, 5) is 4.31. The maximum absolute atomic E-state index is 13.2. The van der Waals surface area contributed by atoms with Gasteiger partial charge in [0.25, 0.3) is 0 Å². The number of ether oxygens (including phenoxy) is 3. The number of methoxy groups -OCH3 is 3. The van der Waals surface area contributed by atoms with Crippen LogP contribution < -0.4 is 24.8 Å². The third-order valence-electron chi connectivity index (χ3n) is 5.31. The van der Waals surface area contributed by atoms with E-state index in [1.807, 2.05) is 24.3 Å². The second-order valence-corrected chi connectivity index (χ2v) is 7.10. The predicted octanol–water partition coefficient (Wildman–Crippen LogP) is 3.25. The lowest BCUT2D eigenvalue weighted by Crippen LogP contribution is -2.40. The van der Waals surface area contributed by atoms with E-state index in [9.17, 15) is 4.39 Å². The summed E-state index contributed by atoms with van der Waals surface area (Å²) in [7, 11) is 6.51. The third kappa shape index (κ3) is 4.72. The lowest BCUT2D eigenvalue weighted by molar-refractivity contribution is 0.323. The van der Waals surface area contributed by atoms with Crippen LogP contribution in [0.5, 0.6) is 17.2 Å². The SMILES string of the molecule is CN=C(NCc1cc(OC)c(OC)c(OC)c1)NCC1(c2ccc(F)cc2)CC1. The molecule has 0 amide bonds. The van der Waals surface area contributed by atoms with Crippen LogP contribution in [0.4, 0.5) is 4.39 Å². The highest BCUT2D eigenvalue weighted by Gasteiger charge is 2.44. The zero-order valence-electron chi connectivity index (χ0n) is 17.3. The Kier molecular flexibility index (Phi) is 6.46. The summed E-state index contributed by atoms with van der Waals surface area (Å²) in [5.41, 5.74) is 2.19. The van der Waals surface area contributed by atoms with Crippen molar-refractivity contribution >= 4 is 5.96 Å². The van der Waals surface area contributed by atoms with Crippen LogP contribution in [0.3, 0.4) is 0 Å². The summed E-state index contributed by atoms with van der Waals surface area (Å²) < 4.78 is 29.4. The van der Waals surface area contributed by atoms with Crippen molar-refractivity contribution < 1.29 is 18.6 Å². The number of hydrogen-bond donors (Lipinski definition) is 2. The first-order valence-electron chi connectivity index (χ1n) is 9.54. The number of nitrogens with zero attached hydrogens (tertiary/aromatic N) is 1. The van der Waals surface area contributed by atoms with Gasteiger partial charge in [-0.25, -0.2) is 4.39 Å². The average Bonchev–Trinajstić information content (AvgIpc) is 3.54. The van der Waals surface area contributed by atoms with E-state index >= 15 is 0 Å². The fourth-order valence-corrected chi connectivity index (χ4v) is 3.42. The first-order valence-corrected chi connectivity index (χ1v) is 9.54. The van der Waals surface area contributed by atoms with Crippen molar-refractivity contribution in [2.45, 2.75) is 24.8 Å². The monoisotopic (exact) mass is 401 g/mol. The van der Waals surface area contributed by atoms with Gasteiger partial charge in [-0.2, -0.15) is 0 Å². The fourth-order valence-electron chi connectivity index (χ4n) is 3.42. The molecule has 1 saturated carbocycles. The molecule has 2 aromatic rings. The number of aliphatic imine (C=N–C) groups is 1. The molecule has 1 fully saturated rings. The van der Waals surface area contributed by atoms with Gasteiger partial charge in [0.05, 0.1) is 21.3 Å². The number of benzene rings is 2. The second-order valence-electron chi connectivity index (χ2n) is 7.10. The molecule has 0 radical (unpaired) electrons. The van der Waals surface area contributed by atoms with E-state index < -0.39 is 0 Å². The predicted molar refractivity (Wildman–Crippen MR) is 112 cm³/mol. The van der Waals surface area contributed by atoms with Gasteiger partial charge in [0.15, 0.2) is 17.5 Å². The molecule has 0 heterocycles. The third-order valence-corrected chi connectivity index (χ3v) is 5.31. The largest absolute Gasteiger partial charge is 0.493 e. The molecule has 29 heavy (non-hydrogen) atoms. The molecule has 0 atom stereocenters. The Bertz CT molecular complexity index is 839. The van der Waals surface area contributed by atoms with Gasteiger partial charge >= 0.3 is 0 Å². The normalized spacial score (nSPS) is 14.9. The molecule has 0 unspecified atom stereocenters. The van der Waals surface area contributed by atoms with Crippen LogP contribution in [0.15, 0.2) is 41.4 Å². The summed E-state index contributed by atoms with van der Waals surface area (Å²) in [6, 6.07) is 10.6. The van der Waals surface area contributed by atoms with Gasteiger partial charge in [0, 0.05) is 25.6 Å². The van der Waals surface area contributed by atoms with Crippen LogP contribution >= 0.6 is 0 Å². The molecule has 2 N–H and O–H groups in total. The number of hydrogen-bond acceptors (Lipinski definition) is 4. The molecule has 0 aromatic heterocycles. The summed E-state index contributed by atoms with van der Waals surface area (Å²) in [5.74, 6) is 2.28. The van der Waals surface area contributed by atoms with Crippen molar-refractivity contribution in [1.29, 1.82) is 0 Å². The van der Waals surface area contributed by atoms with Crippen molar-refractivity contribution in [2.24, 2.45) is 4.99 Å². The quantitative estimate of drug-likeness (QED) is 0.525. The van der Waals surface area contributed by atoms with E-state index in [1.54, 1.807) is 28.4 Å². The molecule has 0 bridgehead atoms. The van der Waals surface area contributed by atoms with Gasteiger partial charge in [-0.05, 0) is 48.2 Å². The minimum atomic E-state index is -0.208. The van der Waals surface area contributed by atoms with Gasteiger partial charge in [-0.1, -0.05) is 12.1 Å². The van der Waals surface area contributed by atoms with Crippen molar-refractivity contribution in [2.75, 3.05) is 34.9 Å². The van der Waals surface area contributed by atoms with Crippen LogP contribution in [0.2, 0.25) is 0 Å². The number of guanidine groups is 1. The van der Waals surface area contributed by atoms with Gasteiger partial charge in [-0.15, -0.1) is 0 Å². The van der Waals surface area contributed by atoms with Gasteiger partial charge in [0.1, 0.15) is 5.82 Å². The van der Waals surface area contributed by atoms with E-state index in [0.29, 0.717) is 29.8 Å². The van der Waals surface area contributed by atoms with Gasteiger partial charge < -0.3 is 24.8 Å². The lowest BCUT2D eigenvalue weighted by atomic mass is 9.96. The molecule has 7 heteroatoms. The minimum absolute atomic E-state index is 0.0534. The molecule has 0 saturated heterocycles. The van der Waals surface area contributed by atoms with Crippen LogP contribution in [0.25, 0.3) is 0 Å². The molecule has 1 aliphatic carbocycles. The van der Waals surface area contributed by atoms with E-state index in [4.69, 9.17) is 14.2 Å². The molecule has 3 rings (SSSR count). The first-order chi connectivity index (χ1) is 14.0. The van der Waals surface area contributed by atoms with Gasteiger partial charge in [0.2, 0.25) is 5.75 Å². The highest BCUT2D eigenvalue weighted by Crippen LogP contribution is 2.47. The maximum Gasteiger partial charge on any atom is 0.203 e. The number of halogens is 1. The minimum Gasteiger partial charge on any atom is -0.493 e. The maximum atomic E-state index is 13.2. The standard InChI is InChI=1S/C22H28FN3O3/c1-24-21(26-14-22(9-10-22)16-5-7-17(23)8-6-16)25-13-15-11-18(27-2)20(29-4)19(12-15)28-3/h5-8,11-12H,9-10,13-14H2,1-4H3,(H2,24,25,26). The molecule has 2 aromatic carbocycles. The zero-order valence-corrected chi connectivity index (χ0v) is 17.3. The molecule has 6 nitrogen and oxygen atoms in total. The summed E-state index contributed by atoms with van der Waals surface area (Å²) in [5, 5.41) is 6.71. The average molecular weight is 401 g/mol. The van der Waals surface area contributed by atoms with Crippen molar-refractivity contribution in [3.63, 3.8) is 0 Å². The Labute approximate surface area is 171 Å². The van der Waals surface area contributed by atoms with Crippen LogP contribution in [0.1, 0.15) is 24.0 Å². The number of nitrogens with one attached hydrogen (secondary N) is 2. The molecule has 0 spiro atoms. The van der Waals surface area contributed by atoms with Crippen LogP contribution in [-0.2, 0) is 12.0 Å². The highest BCUT2D eigenvalue weighted by molar-refractivity contribution is 5.79. The Balaban J connectivity index is 1.62. The Hall–Kier alpha value is -2.96. The smallest absolute Gasteiger partial charge is 0.203 e. The topological polar surface area (TPSA) is 64.1 Å². The van der Waals surface area contributed by atoms with E-state index in [-0.39, 0.29) is 11.2 Å². The van der Waals surface area contributed by atoms with Crippen LogP contribution in [-0.4, -0.2) is 40.9 Å². The number of rotatable bonds is 8. The van der Waals surface area contributed by atoms with E-state index in [0.717, 1.165) is 30.5 Å². The van der Waals surface area contributed by atoms with Crippen LogP contribution in [0, 0.1) is 5.82 Å². The van der Waals surface area contributed by atoms with Crippen molar-refractivity contribution in [3.05, 3.63) is 53.3 Å². The second kappa shape index (κ2) is 9.03. The van der Waals surface area contributed by atoms with E-state index in [2.05, 4.69) is 15.6 Å². The Morgan fingerprint density at radius 2 is 1.62 bits per heavy atom. The fraction of sp³-hybridized carbons (Fsp3) is 0.409. The summed E-state index contributed by atoms with van der Waals surface area (Å²) >= 11 is 0. The van der Waals surface area contributed by atoms with Gasteiger partial charge in [-0.3, -0.25) is 4.99 Å². The molecule has 156 valence electrons. The lowest BCUT2D eigenvalue weighted by Gasteiger charge is -2.19. The zero-order chi connectivity index (χ0) is 20.9. The first kappa shape index (κ1) is 20.8. The highest BCUT2D eigenvalue weighted by atomic mass is 19.1.